The number of hydrogen-bond acceptors (Lipinski definition) is 5. The van der Waals surface area contributed by atoms with Gasteiger partial charge in [0.1, 0.15) is 0 Å². The molecule has 1 rings (SSSR count). The van der Waals surface area contributed by atoms with Crippen LogP contribution in [-0.4, -0.2) is 15.9 Å². The Labute approximate surface area is 56.8 Å². The Hall–Kier alpha value is -1.49. The van der Waals surface area contributed by atoms with Crippen LogP contribution in [0.4, 0.5) is 0 Å². The second kappa shape index (κ2) is 2.88. The van der Waals surface area contributed by atoms with Crippen LogP contribution >= 0.6 is 0 Å². The minimum atomic E-state index is -0.736. The Morgan fingerprint density at radius 1 is 1.50 bits per heavy atom. The van der Waals surface area contributed by atoms with E-state index in [4.69, 9.17) is 0 Å². The van der Waals surface area contributed by atoms with Crippen LogP contribution in [-0.2, 0) is 4.84 Å². The van der Waals surface area contributed by atoms with Gasteiger partial charge in [-0.3, -0.25) is 0 Å². The molecule has 0 fully saturated rings. The Kier molecular flexibility index (Phi) is 1.91. The van der Waals surface area contributed by atoms with Crippen LogP contribution in [0, 0.1) is 0 Å². The fourth-order valence-corrected chi connectivity index (χ4v) is 0.457. The van der Waals surface area contributed by atoms with Gasteiger partial charge in [-0.15, -0.1) is 0 Å². The predicted octanol–water partition coefficient (Wildman–Crippen LogP) is -0.493. The maximum atomic E-state index is 10.5. The summed E-state index contributed by atoms with van der Waals surface area (Å²) >= 11 is 0. The fraction of sp³-hybridized carbons (Fsp3) is 0. The van der Waals surface area contributed by atoms with Crippen LogP contribution in [0.25, 0.3) is 0 Å². The molecule has 0 saturated heterocycles. The molecule has 0 atom stereocenters. The standard InChI is InChI=1S/C5H5N3O2/c6-10-5(9)4-7-2-1-3-8-4/h1-3H,6H2. The van der Waals surface area contributed by atoms with Gasteiger partial charge in [-0.2, -0.15) is 5.90 Å². The molecule has 0 aromatic carbocycles. The molecule has 1 heterocycles. The van der Waals surface area contributed by atoms with Crippen molar-refractivity contribution in [3.63, 3.8) is 0 Å². The molecule has 52 valence electrons. The zero-order chi connectivity index (χ0) is 7.40. The molecule has 1 aromatic heterocycles. The lowest BCUT2D eigenvalue weighted by Crippen LogP contribution is -2.13. The second-order valence-corrected chi connectivity index (χ2v) is 1.48. The van der Waals surface area contributed by atoms with Crippen molar-refractivity contribution in [2.24, 2.45) is 5.90 Å². The van der Waals surface area contributed by atoms with Gasteiger partial charge >= 0.3 is 5.97 Å². The molecular formula is C5H5N3O2. The highest BCUT2D eigenvalue weighted by atomic mass is 16.7. The summed E-state index contributed by atoms with van der Waals surface area (Å²) in [5, 5.41) is 0. The number of carbonyl (C=O) groups is 1. The minimum Gasteiger partial charge on any atom is -0.367 e. The minimum absolute atomic E-state index is 0.0370. The highest BCUT2D eigenvalue weighted by molar-refractivity contribution is 5.84. The lowest BCUT2D eigenvalue weighted by molar-refractivity contribution is 0.0489. The van der Waals surface area contributed by atoms with Crippen LogP contribution in [0.5, 0.6) is 0 Å². The van der Waals surface area contributed by atoms with E-state index in [0.717, 1.165) is 0 Å². The van der Waals surface area contributed by atoms with Gasteiger partial charge < -0.3 is 4.84 Å². The van der Waals surface area contributed by atoms with Crippen molar-refractivity contribution in [3.8, 4) is 0 Å². The summed E-state index contributed by atoms with van der Waals surface area (Å²) in [6.45, 7) is 0. The van der Waals surface area contributed by atoms with E-state index in [1.54, 1.807) is 6.07 Å². The molecule has 0 saturated carbocycles. The van der Waals surface area contributed by atoms with Gasteiger partial charge in [-0.25, -0.2) is 14.8 Å². The lowest BCUT2D eigenvalue weighted by Gasteiger charge is -1.92. The molecule has 0 unspecified atom stereocenters. The van der Waals surface area contributed by atoms with Crippen LogP contribution in [0.1, 0.15) is 10.6 Å². The number of hydrogen-bond donors (Lipinski definition) is 1. The van der Waals surface area contributed by atoms with E-state index >= 15 is 0 Å². The summed E-state index contributed by atoms with van der Waals surface area (Å²) < 4.78 is 0. The Balaban J connectivity index is 2.85. The van der Waals surface area contributed by atoms with Crippen molar-refractivity contribution in [3.05, 3.63) is 24.3 Å². The quantitative estimate of drug-likeness (QED) is 0.531. The topological polar surface area (TPSA) is 78.1 Å². The number of nitrogens with zero attached hydrogens (tertiary/aromatic N) is 2. The maximum absolute atomic E-state index is 10.5. The molecule has 0 amide bonds. The van der Waals surface area contributed by atoms with E-state index < -0.39 is 5.97 Å². The first-order valence-corrected chi connectivity index (χ1v) is 2.52. The van der Waals surface area contributed by atoms with Gasteiger partial charge in [0.25, 0.3) is 0 Å². The Bertz CT molecular complexity index is 224. The molecule has 5 heteroatoms. The van der Waals surface area contributed by atoms with Crippen LogP contribution in [0.2, 0.25) is 0 Å². The Morgan fingerprint density at radius 3 is 2.60 bits per heavy atom. The van der Waals surface area contributed by atoms with Crippen LogP contribution in [0.15, 0.2) is 18.5 Å². The third kappa shape index (κ3) is 1.26. The van der Waals surface area contributed by atoms with Gasteiger partial charge in [0.05, 0.1) is 0 Å². The highest BCUT2D eigenvalue weighted by Crippen LogP contribution is 1.87. The number of rotatable bonds is 1. The first-order valence-electron chi connectivity index (χ1n) is 2.52. The number of aromatic nitrogens is 2. The molecule has 0 radical (unpaired) electrons. The zero-order valence-electron chi connectivity index (χ0n) is 5.02. The molecule has 0 bridgehead atoms. The van der Waals surface area contributed by atoms with E-state index in [1.807, 2.05) is 0 Å². The van der Waals surface area contributed by atoms with E-state index in [0.29, 0.717) is 0 Å². The van der Waals surface area contributed by atoms with Crippen molar-refractivity contribution in [1.82, 2.24) is 9.97 Å². The molecule has 10 heavy (non-hydrogen) atoms. The molecule has 0 aliphatic heterocycles. The van der Waals surface area contributed by atoms with E-state index in [1.165, 1.54) is 12.4 Å². The first-order chi connectivity index (χ1) is 4.84. The molecular weight excluding hydrogens is 134 g/mol. The van der Waals surface area contributed by atoms with E-state index in [-0.39, 0.29) is 5.82 Å². The summed E-state index contributed by atoms with van der Waals surface area (Å²) in [7, 11) is 0. The summed E-state index contributed by atoms with van der Waals surface area (Å²) in [5.74, 6) is 3.80. The summed E-state index contributed by atoms with van der Waals surface area (Å²) in [4.78, 5) is 21.6. The third-order valence-corrected chi connectivity index (χ3v) is 0.855. The fourth-order valence-electron chi connectivity index (χ4n) is 0.457. The molecule has 0 aliphatic rings. The lowest BCUT2D eigenvalue weighted by atomic mass is 10.6. The third-order valence-electron chi connectivity index (χ3n) is 0.855. The average Bonchev–Trinajstić information content (AvgIpc) is 2.05. The predicted molar refractivity (Wildman–Crippen MR) is 31.6 cm³/mol. The molecule has 0 aliphatic carbocycles. The first kappa shape index (κ1) is 6.63. The van der Waals surface area contributed by atoms with Crippen LogP contribution in [0.3, 0.4) is 0 Å². The molecule has 0 spiro atoms. The van der Waals surface area contributed by atoms with Crippen LogP contribution < -0.4 is 5.90 Å². The van der Waals surface area contributed by atoms with Crippen molar-refractivity contribution >= 4 is 5.97 Å². The highest BCUT2D eigenvalue weighted by Gasteiger charge is 2.06. The second-order valence-electron chi connectivity index (χ2n) is 1.48. The van der Waals surface area contributed by atoms with Crippen molar-refractivity contribution in [2.75, 3.05) is 0 Å². The maximum Gasteiger partial charge on any atom is 0.394 e. The van der Waals surface area contributed by atoms with Gasteiger partial charge in [0, 0.05) is 12.4 Å². The molecule has 2 N–H and O–H groups in total. The van der Waals surface area contributed by atoms with Gasteiger partial charge in [-0.05, 0) is 6.07 Å². The molecule has 5 nitrogen and oxygen atoms in total. The normalized spacial score (nSPS) is 8.90. The number of carbonyl (C=O) groups excluding carboxylic acids is 1. The monoisotopic (exact) mass is 139 g/mol. The van der Waals surface area contributed by atoms with Crippen molar-refractivity contribution in [1.29, 1.82) is 0 Å². The van der Waals surface area contributed by atoms with Crippen molar-refractivity contribution in [2.45, 2.75) is 0 Å². The van der Waals surface area contributed by atoms with Gasteiger partial charge in [-0.1, -0.05) is 0 Å². The SMILES string of the molecule is NOC(=O)c1ncccn1. The smallest absolute Gasteiger partial charge is 0.367 e. The number of nitrogens with two attached hydrogens (primary N) is 1. The van der Waals surface area contributed by atoms with Gasteiger partial charge in [0.2, 0.25) is 5.82 Å². The largest absolute Gasteiger partial charge is 0.394 e. The summed E-state index contributed by atoms with van der Waals surface area (Å²) in [6, 6.07) is 1.59. The van der Waals surface area contributed by atoms with E-state index in [9.17, 15) is 4.79 Å². The molecule has 1 aromatic rings. The zero-order valence-corrected chi connectivity index (χ0v) is 5.02. The summed E-state index contributed by atoms with van der Waals surface area (Å²) in [6.07, 6.45) is 2.86. The van der Waals surface area contributed by atoms with E-state index in [2.05, 4.69) is 20.7 Å². The Morgan fingerprint density at radius 2 is 2.10 bits per heavy atom. The van der Waals surface area contributed by atoms with Gasteiger partial charge in [0.15, 0.2) is 0 Å². The van der Waals surface area contributed by atoms with Crippen molar-refractivity contribution < 1.29 is 9.63 Å². The average molecular weight is 139 g/mol. The summed E-state index contributed by atoms with van der Waals surface area (Å²) in [5.41, 5.74) is 0.